The molecule has 0 aromatic heterocycles. The first kappa shape index (κ1) is 18.4. The topological polar surface area (TPSA) is 35.5 Å². The molecule has 0 bridgehead atoms. The van der Waals surface area contributed by atoms with Crippen molar-refractivity contribution < 1.29 is 27.1 Å². The molecule has 0 aliphatic heterocycles. The zero-order valence-electron chi connectivity index (χ0n) is 12.4. The van der Waals surface area contributed by atoms with Crippen LogP contribution in [0.2, 0.25) is 18.1 Å². The Hall–Kier alpha value is -0.563. The molecule has 0 aromatic carbocycles. The minimum absolute atomic E-state index is 0.0590. The summed E-state index contributed by atoms with van der Waals surface area (Å²) >= 11 is 0. The van der Waals surface area contributed by atoms with Crippen LogP contribution in [0, 0.1) is 0 Å². The van der Waals surface area contributed by atoms with Crippen molar-refractivity contribution in [3.8, 4) is 0 Å². The maximum Gasteiger partial charge on any atom is 0.413 e. The largest absolute Gasteiger partial charge is 0.466 e. The number of carbonyl (C=O) groups is 1. The zero-order chi connectivity index (χ0) is 15.5. The van der Waals surface area contributed by atoms with E-state index in [4.69, 9.17) is 4.43 Å². The van der Waals surface area contributed by atoms with Crippen LogP contribution in [0.4, 0.5) is 13.2 Å². The molecular weight excluding hydrogens is 277 g/mol. The highest BCUT2D eigenvalue weighted by atomic mass is 28.4. The van der Waals surface area contributed by atoms with Crippen molar-refractivity contribution in [1.29, 1.82) is 0 Å². The summed E-state index contributed by atoms with van der Waals surface area (Å²) in [5, 5.41) is -0.356. The van der Waals surface area contributed by atoms with E-state index in [1.807, 2.05) is 20.8 Å². The average molecular weight is 300 g/mol. The number of hydrogen-bond acceptors (Lipinski definition) is 3. The Bertz CT molecular complexity index is 308. The van der Waals surface area contributed by atoms with Crippen LogP contribution in [0.25, 0.3) is 0 Å². The molecule has 0 fully saturated rings. The molecule has 3 nitrogen and oxygen atoms in total. The van der Waals surface area contributed by atoms with E-state index in [0.717, 1.165) is 0 Å². The third kappa shape index (κ3) is 5.95. The van der Waals surface area contributed by atoms with E-state index >= 15 is 0 Å². The van der Waals surface area contributed by atoms with E-state index in [-0.39, 0.29) is 11.6 Å². The second-order valence-electron chi connectivity index (χ2n) is 5.92. The van der Waals surface area contributed by atoms with Gasteiger partial charge in [-0.25, -0.2) is 0 Å². The fourth-order valence-corrected chi connectivity index (χ4v) is 2.41. The van der Waals surface area contributed by atoms with Gasteiger partial charge in [0.05, 0.1) is 13.0 Å². The summed E-state index contributed by atoms with van der Waals surface area (Å²) in [6.45, 7) is 10.6. The number of halogens is 3. The molecular formula is C12H23F3O3Si. The first-order chi connectivity index (χ1) is 8.31. The van der Waals surface area contributed by atoms with Crippen LogP contribution in [0.15, 0.2) is 0 Å². The smallest absolute Gasteiger partial charge is 0.413 e. The molecule has 114 valence electrons. The van der Waals surface area contributed by atoms with Crippen molar-refractivity contribution in [2.45, 2.75) is 64.5 Å². The molecule has 0 rings (SSSR count). The zero-order valence-corrected chi connectivity index (χ0v) is 13.4. The highest BCUT2D eigenvalue weighted by Gasteiger charge is 2.48. The van der Waals surface area contributed by atoms with Gasteiger partial charge in [0.1, 0.15) is 0 Å². The molecule has 0 unspecified atom stereocenters. The minimum atomic E-state index is -4.57. The fourth-order valence-electron chi connectivity index (χ4n) is 1.13. The van der Waals surface area contributed by atoms with E-state index in [0.29, 0.717) is 0 Å². The molecule has 1 atom stereocenters. The Kier molecular flexibility index (Phi) is 6.07. The summed E-state index contributed by atoms with van der Waals surface area (Å²) in [6, 6.07) is 0. The molecule has 19 heavy (non-hydrogen) atoms. The fraction of sp³-hybridized carbons (Fsp3) is 0.917. The van der Waals surface area contributed by atoms with Crippen LogP contribution in [0.1, 0.15) is 34.1 Å². The van der Waals surface area contributed by atoms with Gasteiger partial charge in [0.25, 0.3) is 0 Å². The Balaban J connectivity index is 4.95. The van der Waals surface area contributed by atoms with Gasteiger partial charge < -0.3 is 9.16 Å². The second kappa shape index (κ2) is 6.26. The van der Waals surface area contributed by atoms with Gasteiger partial charge in [-0.05, 0) is 25.1 Å². The van der Waals surface area contributed by atoms with Crippen molar-refractivity contribution in [3.05, 3.63) is 0 Å². The third-order valence-electron chi connectivity index (χ3n) is 3.27. The first-order valence-electron chi connectivity index (χ1n) is 6.21. The number of carbonyl (C=O) groups excluding carboxylic acids is 1. The second-order valence-corrected chi connectivity index (χ2v) is 10.7. The molecule has 0 heterocycles. The van der Waals surface area contributed by atoms with E-state index < -0.39 is 33.0 Å². The van der Waals surface area contributed by atoms with Crippen LogP contribution in [-0.2, 0) is 14.0 Å². The Morgan fingerprint density at radius 1 is 1.21 bits per heavy atom. The predicted octanol–water partition coefficient (Wildman–Crippen LogP) is 3.89. The van der Waals surface area contributed by atoms with Crippen molar-refractivity contribution in [3.63, 3.8) is 0 Å². The lowest BCUT2D eigenvalue weighted by Crippen LogP contribution is -2.48. The Labute approximate surface area is 113 Å². The van der Waals surface area contributed by atoms with Gasteiger partial charge in [0, 0.05) is 0 Å². The van der Waals surface area contributed by atoms with Gasteiger partial charge in [-0.2, -0.15) is 13.2 Å². The number of rotatable bonds is 5. The van der Waals surface area contributed by atoms with Gasteiger partial charge in [-0.3, -0.25) is 4.79 Å². The predicted molar refractivity (Wildman–Crippen MR) is 69.4 cm³/mol. The van der Waals surface area contributed by atoms with Crippen LogP contribution >= 0.6 is 0 Å². The average Bonchev–Trinajstić information content (AvgIpc) is 2.13. The lowest BCUT2D eigenvalue weighted by molar-refractivity contribution is -0.204. The Morgan fingerprint density at radius 2 is 1.68 bits per heavy atom. The highest BCUT2D eigenvalue weighted by Crippen LogP contribution is 2.40. The molecule has 0 N–H and O–H groups in total. The summed E-state index contributed by atoms with van der Waals surface area (Å²) in [6.07, 6.45) is -7.45. The maximum absolute atomic E-state index is 12.9. The number of alkyl halides is 3. The van der Waals surface area contributed by atoms with E-state index in [1.165, 1.54) is 0 Å². The van der Waals surface area contributed by atoms with Gasteiger partial charge in [0.2, 0.25) is 0 Å². The molecule has 0 aromatic rings. The number of esters is 1. The van der Waals surface area contributed by atoms with Crippen LogP contribution in [0.3, 0.4) is 0 Å². The molecule has 0 saturated heterocycles. The monoisotopic (exact) mass is 300 g/mol. The van der Waals surface area contributed by atoms with Gasteiger partial charge in [-0.1, -0.05) is 20.8 Å². The van der Waals surface area contributed by atoms with Crippen molar-refractivity contribution in [2.24, 2.45) is 0 Å². The standard InChI is InChI=1S/C12H23F3O3Si/c1-7-17-10(16)8-9(12(13,14)15)18-19(5,6)11(2,3)4/h9H,7-8H2,1-6H3/t9-/m1/s1. The lowest BCUT2D eigenvalue weighted by atomic mass is 10.2. The van der Waals surface area contributed by atoms with Gasteiger partial charge in [0.15, 0.2) is 14.4 Å². The molecule has 0 aliphatic carbocycles. The number of ether oxygens (including phenoxy) is 1. The Morgan fingerprint density at radius 3 is 2.00 bits per heavy atom. The van der Waals surface area contributed by atoms with Crippen LogP contribution in [0.5, 0.6) is 0 Å². The van der Waals surface area contributed by atoms with E-state index in [2.05, 4.69) is 4.74 Å². The van der Waals surface area contributed by atoms with E-state index in [9.17, 15) is 18.0 Å². The first-order valence-corrected chi connectivity index (χ1v) is 9.12. The summed E-state index contributed by atoms with van der Waals surface area (Å²) in [7, 11) is -2.60. The van der Waals surface area contributed by atoms with Crippen LogP contribution in [-0.4, -0.2) is 33.2 Å². The summed E-state index contributed by atoms with van der Waals surface area (Å²) in [5.74, 6) is -0.886. The highest BCUT2D eigenvalue weighted by molar-refractivity contribution is 6.74. The minimum Gasteiger partial charge on any atom is -0.466 e. The van der Waals surface area contributed by atoms with Gasteiger partial charge in [-0.15, -0.1) is 0 Å². The lowest BCUT2D eigenvalue weighted by Gasteiger charge is -2.39. The van der Waals surface area contributed by atoms with E-state index in [1.54, 1.807) is 20.0 Å². The van der Waals surface area contributed by atoms with Crippen molar-refractivity contribution in [1.82, 2.24) is 0 Å². The quantitative estimate of drug-likeness (QED) is 0.571. The molecule has 0 saturated carbocycles. The van der Waals surface area contributed by atoms with Gasteiger partial charge >= 0.3 is 12.1 Å². The van der Waals surface area contributed by atoms with Crippen molar-refractivity contribution >= 4 is 14.3 Å². The summed E-state index contributed by atoms with van der Waals surface area (Å²) < 4.78 is 48.6. The molecule has 0 spiro atoms. The summed E-state index contributed by atoms with van der Waals surface area (Å²) in [4.78, 5) is 11.2. The maximum atomic E-state index is 12.9. The molecule has 0 amide bonds. The van der Waals surface area contributed by atoms with Crippen LogP contribution < -0.4 is 0 Å². The van der Waals surface area contributed by atoms with Crippen molar-refractivity contribution in [2.75, 3.05) is 6.61 Å². The normalized spacial score (nSPS) is 15.2. The summed E-state index contributed by atoms with van der Waals surface area (Å²) in [5.41, 5.74) is 0. The SMILES string of the molecule is CCOC(=O)C[C@@H](O[Si](C)(C)C(C)(C)C)C(F)(F)F. The third-order valence-corrected chi connectivity index (χ3v) is 7.75. The molecule has 7 heteroatoms. The molecule has 0 radical (unpaired) electrons. The molecule has 0 aliphatic rings. The number of hydrogen-bond donors (Lipinski definition) is 0.